The van der Waals surface area contributed by atoms with E-state index in [0.717, 1.165) is 6.08 Å². The van der Waals surface area contributed by atoms with E-state index in [9.17, 15) is 9.90 Å². The van der Waals surface area contributed by atoms with Gasteiger partial charge in [0.1, 0.15) is 5.75 Å². The quantitative estimate of drug-likeness (QED) is 0.758. The summed E-state index contributed by atoms with van der Waals surface area (Å²) >= 11 is 0. The molecule has 0 aliphatic rings. The van der Waals surface area contributed by atoms with Gasteiger partial charge in [0.05, 0.1) is 14.2 Å². The first-order chi connectivity index (χ1) is 7.58. The maximum absolute atomic E-state index is 10.4. The molecule has 0 saturated carbocycles. The minimum absolute atomic E-state index is 0.124. The number of aliphatic carboxylic acids is 1. The summed E-state index contributed by atoms with van der Waals surface area (Å²) in [7, 11) is 2.87. The lowest BCUT2D eigenvalue weighted by Crippen LogP contribution is -1.91. The van der Waals surface area contributed by atoms with Crippen LogP contribution >= 0.6 is 0 Å². The van der Waals surface area contributed by atoms with Gasteiger partial charge in [0.15, 0.2) is 11.5 Å². The number of hydrogen-bond donors (Lipinski definition) is 2. The smallest absolute Gasteiger partial charge is 0.328 e. The highest BCUT2D eigenvalue weighted by Crippen LogP contribution is 2.35. The fraction of sp³-hybridized carbons (Fsp3) is 0.182. The van der Waals surface area contributed by atoms with Crippen molar-refractivity contribution in [3.8, 4) is 17.2 Å². The van der Waals surface area contributed by atoms with E-state index >= 15 is 0 Å². The minimum atomic E-state index is -1.10. The summed E-state index contributed by atoms with van der Waals surface area (Å²) in [5.74, 6) is -0.522. The van der Waals surface area contributed by atoms with Gasteiger partial charge in [0.2, 0.25) is 0 Å². The first-order valence-electron chi connectivity index (χ1n) is 4.44. The zero-order valence-corrected chi connectivity index (χ0v) is 8.93. The van der Waals surface area contributed by atoms with E-state index in [1.807, 2.05) is 0 Å². The number of carboxylic acids is 1. The van der Waals surface area contributed by atoms with Crippen LogP contribution in [0, 0.1) is 0 Å². The zero-order valence-electron chi connectivity index (χ0n) is 8.93. The Morgan fingerprint density at radius 1 is 1.31 bits per heavy atom. The summed E-state index contributed by atoms with van der Waals surface area (Å²) in [5, 5.41) is 18.2. The average molecular weight is 224 g/mol. The molecule has 0 bridgehead atoms. The van der Waals surface area contributed by atoms with Gasteiger partial charge in [-0.05, 0) is 12.1 Å². The predicted molar refractivity (Wildman–Crippen MR) is 57.9 cm³/mol. The molecular weight excluding hydrogens is 212 g/mol. The van der Waals surface area contributed by atoms with Crippen molar-refractivity contribution in [1.82, 2.24) is 0 Å². The first-order valence-corrected chi connectivity index (χ1v) is 4.44. The maximum Gasteiger partial charge on any atom is 0.328 e. The van der Waals surface area contributed by atoms with Crippen molar-refractivity contribution in [2.24, 2.45) is 0 Å². The van der Waals surface area contributed by atoms with Crippen LogP contribution in [0.25, 0.3) is 6.08 Å². The molecule has 0 aromatic heterocycles. The van der Waals surface area contributed by atoms with Crippen LogP contribution in [0.2, 0.25) is 0 Å². The van der Waals surface area contributed by atoms with Crippen molar-refractivity contribution >= 4 is 12.0 Å². The number of methoxy groups -OCH3 is 2. The highest BCUT2D eigenvalue weighted by molar-refractivity contribution is 5.86. The second-order valence-electron chi connectivity index (χ2n) is 2.94. The summed E-state index contributed by atoms with van der Waals surface area (Å²) in [5.41, 5.74) is 0.318. The van der Waals surface area contributed by atoms with Crippen LogP contribution in [-0.2, 0) is 4.79 Å². The van der Waals surface area contributed by atoms with Gasteiger partial charge in [-0.15, -0.1) is 0 Å². The monoisotopic (exact) mass is 224 g/mol. The maximum atomic E-state index is 10.4. The van der Waals surface area contributed by atoms with Crippen molar-refractivity contribution in [3.63, 3.8) is 0 Å². The number of phenols is 1. The highest BCUT2D eigenvalue weighted by Gasteiger charge is 2.09. The van der Waals surface area contributed by atoms with Crippen molar-refractivity contribution in [1.29, 1.82) is 0 Å². The molecular formula is C11H12O5. The number of carbonyl (C=O) groups is 1. The molecule has 0 fully saturated rings. The molecule has 0 aliphatic carbocycles. The molecule has 1 aromatic carbocycles. The Morgan fingerprint density at radius 2 is 2.00 bits per heavy atom. The molecule has 1 aromatic rings. The molecule has 16 heavy (non-hydrogen) atoms. The summed E-state index contributed by atoms with van der Waals surface area (Å²) in [6.07, 6.45) is 2.19. The summed E-state index contributed by atoms with van der Waals surface area (Å²) in [6.45, 7) is 0. The standard InChI is InChI=1S/C11H12O5/c1-15-8-5-7(3-4-10(12)13)11(14)9(6-8)16-2/h3-6,14H,1-2H3,(H,12,13)/b4-3+. The third-order valence-electron chi connectivity index (χ3n) is 1.94. The molecule has 0 aliphatic heterocycles. The van der Waals surface area contributed by atoms with Gasteiger partial charge in [-0.2, -0.15) is 0 Å². The highest BCUT2D eigenvalue weighted by atomic mass is 16.5. The molecule has 1 rings (SSSR count). The van der Waals surface area contributed by atoms with Crippen LogP contribution in [0.5, 0.6) is 17.2 Å². The van der Waals surface area contributed by atoms with Gasteiger partial charge in [0.25, 0.3) is 0 Å². The lowest BCUT2D eigenvalue weighted by molar-refractivity contribution is -0.131. The second kappa shape index (κ2) is 5.06. The van der Waals surface area contributed by atoms with E-state index < -0.39 is 5.97 Å². The molecule has 5 heteroatoms. The van der Waals surface area contributed by atoms with Crippen LogP contribution < -0.4 is 9.47 Å². The number of phenolic OH excluding ortho intramolecular Hbond substituents is 1. The van der Waals surface area contributed by atoms with E-state index in [4.69, 9.17) is 14.6 Å². The fourth-order valence-electron chi connectivity index (χ4n) is 1.16. The number of benzene rings is 1. The van der Waals surface area contributed by atoms with Crippen LogP contribution in [0.4, 0.5) is 0 Å². The number of aromatic hydroxyl groups is 1. The van der Waals surface area contributed by atoms with E-state index in [0.29, 0.717) is 11.3 Å². The van der Waals surface area contributed by atoms with Gasteiger partial charge >= 0.3 is 5.97 Å². The molecule has 2 N–H and O–H groups in total. The summed E-state index contributed by atoms with van der Waals surface area (Å²) in [4.78, 5) is 10.4. The summed E-state index contributed by atoms with van der Waals surface area (Å²) < 4.78 is 9.91. The Balaban J connectivity index is 3.20. The Morgan fingerprint density at radius 3 is 2.50 bits per heavy atom. The first kappa shape index (κ1) is 11.9. The van der Waals surface area contributed by atoms with E-state index in [-0.39, 0.29) is 11.5 Å². The predicted octanol–water partition coefficient (Wildman–Crippen LogP) is 1.51. The molecule has 0 radical (unpaired) electrons. The van der Waals surface area contributed by atoms with E-state index in [1.165, 1.54) is 32.4 Å². The molecule has 0 amide bonds. The number of carboxylic acid groups (broad SMARTS) is 1. The van der Waals surface area contributed by atoms with Crippen LogP contribution in [0.3, 0.4) is 0 Å². The van der Waals surface area contributed by atoms with Crippen molar-refractivity contribution in [2.75, 3.05) is 14.2 Å². The molecule has 0 atom stereocenters. The third-order valence-corrected chi connectivity index (χ3v) is 1.94. The van der Waals surface area contributed by atoms with Crippen LogP contribution in [0.15, 0.2) is 18.2 Å². The number of hydrogen-bond acceptors (Lipinski definition) is 4. The van der Waals surface area contributed by atoms with Gasteiger partial charge in [0, 0.05) is 17.7 Å². The normalized spacial score (nSPS) is 10.4. The number of rotatable bonds is 4. The molecule has 0 unspecified atom stereocenters. The van der Waals surface area contributed by atoms with Gasteiger partial charge in [-0.3, -0.25) is 0 Å². The average Bonchev–Trinajstić information content (AvgIpc) is 2.27. The lowest BCUT2D eigenvalue weighted by Gasteiger charge is -2.08. The van der Waals surface area contributed by atoms with Crippen molar-refractivity contribution in [2.45, 2.75) is 0 Å². The van der Waals surface area contributed by atoms with Gasteiger partial charge in [-0.1, -0.05) is 0 Å². The topological polar surface area (TPSA) is 76.0 Å². The third kappa shape index (κ3) is 2.66. The SMILES string of the molecule is COc1cc(/C=C/C(=O)O)c(O)c(OC)c1. The molecule has 86 valence electrons. The van der Waals surface area contributed by atoms with Crippen molar-refractivity contribution < 1.29 is 24.5 Å². The molecule has 0 heterocycles. The Bertz CT molecular complexity index is 423. The fourth-order valence-corrected chi connectivity index (χ4v) is 1.16. The van der Waals surface area contributed by atoms with Gasteiger partial charge < -0.3 is 19.7 Å². The Labute approximate surface area is 92.5 Å². The molecule has 0 saturated heterocycles. The second-order valence-corrected chi connectivity index (χ2v) is 2.94. The van der Waals surface area contributed by atoms with Crippen LogP contribution in [0.1, 0.15) is 5.56 Å². The zero-order chi connectivity index (χ0) is 12.1. The van der Waals surface area contributed by atoms with E-state index in [2.05, 4.69) is 0 Å². The summed E-state index contributed by atoms with van der Waals surface area (Å²) in [6, 6.07) is 3.02. The largest absolute Gasteiger partial charge is 0.504 e. The lowest BCUT2D eigenvalue weighted by atomic mass is 10.1. The molecule has 0 spiro atoms. The Kier molecular flexibility index (Phi) is 3.77. The molecule has 5 nitrogen and oxygen atoms in total. The van der Waals surface area contributed by atoms with Gasteiger partial charge in [-0.25, -0.2) is 4.79 Å². The minimum Gasteiger partial charge on any atom is -0.504 e. The van der Waals surface area contributed by atoms with Crippen molar-refractivity contribution in [3.05, 3.63) is 23.8 Å². The Hall–Kier alpha value is -2.17. The number of ether oxygens (including phenoxy) is 2. The van der Waals surface area contributed by atoms with E-state index in [1.54, 1.807) is 0 Å². The van der Waals surface area contributed by atoms with Crippen LogP contribution in [-0.4, -0.2) is 30.4 Å².